The van der Waals surface area contributed by atoms with Crippen molar-refractivity contribution < 1.29 is 24.2 Å². The number of benzene rings is 1. The molecule has 2 atom stereocenters. The molecule has 0 spiro atoms. The summed E-state index contributed by atoms with van der Waals surface area (Å²) in [7, 11) is 0. The van der Waals surface area contributed by atoms with E-state index in [2.05, 4.69) is 5.32 Å². The summed E-state index contributed by atoms with van der Waals surface area (Å²) in [5.41, 5.74) is 0.929. The number of hydrogen-bond donors (Lipinski definition) is 2. The molecule has 0 bridgehead atoms. The molecule has 6 heteroatoms. The minimum absolute atomic E-state index is 0.301. The molecule has 1 saturated carbocycles. The van der Waals surface area contributed by atoms with Gasteiger partial charge in [-0.15, -0.1) is 0 Å². The zero-order chi connectivity index (χ0) is 14.7. The Bertz CT molecular complexity index is 537. The summed E-state index contributed by atoms with van der Waals surface area (Å²) in [5.74, 6) is -2.70. The number of esters is 1. The SMILES string of the molecule is CCOC(=O)c1ccc(NC(=O)[C@@H]2C[C@@H]2C(=O)O)cc1. The highest BCUT2D eigenvalue weighted by molar-refractivity contribution is 5.98. The molecule has 1 amide bonds. The van der Waals surface area contributed by atoms with Gasteiger partial charge in [-0.25, -0.2) is 4.79 Å². The fourth-order valence-corrected chi connectivity index (χ4v) is 1.90. The molecule has 0 heterocycles. The van der Waals surface area contributed by atoms with Crippen molar-refractivity contribution in [1.82, 2.24) is 0 Å². The van der Waals surface area contributed by atoms with Crippen LogP contribution in [-0.2, 0) is 14.3 Å². The Morgan fingerprint density at radius 1 is 1.25 bits per heavy atom. The van der Waals surface area contributed by atoms with Crippen LogP contribution < -0.4 is 5.32 Å². The van der Waals surface area contributed by atoms with E-state index in [0.29, 0.717) is 24.3 Å². The highest BCUT2D eigenvalue weighted by Gasteiger charge is 2.48. The number of amides is 1. The molecule has 1 aromatic rings. The summed E-state index contributed by atoms with van der Waals surface area (Å²) >= 11 is 0. The van der Waals surface area contributed by atoms with Crippen molar-refractivity contribution in [2.24, 2.45) is 11.8 Å². The number of nitrogens with one attached hydrogen (secondary N) is 1. The zero-order valence-corrected chi connectivity index (χ0v) is 11.0. The average Bonchev–Trinajstić information content (AvgIpc) is 3.20. The Balaban J connectivity index is 1.93. The maximum Gasteiger partial charge on any atom is 0.338 e. The number of rotatable bonds is 5. The number of carboxylic acid groups (broad SMARTS) is 1. The van der Waals surface area contributed by atoms with Gasteiger partial charge in [0.15, 0.2) is 0 Å². The van der Waals surface area contributed by atoms with Gasteiger partial charge < -0.3 is 15.2 Å². The number of aliphatic carboxylic acids is 1. The highest BCUT2D eigenvalue weighted by atomic mass is 16.5. The minimum Gasteiger partial charge on any atom is -0.481 e. The molecule has 1 fully saturated rings. The maximum absolute atomic E-state index is 11.7. The predicted octanol–water partition coefficient (Wildman–Crippen LogP) is 1.52. The van der Waals surface area contributed by atoms with E-state index >= 15 is 0 Å². The van der Waals surface area contributed by atoms with Gasteiger partial charge in [0.1, 0.15) is 0 Å². The molecule has 1 aliphatic carbocycles. The Morgan fingerprint density at radius 2 is 1.90 bits per heavy atom. The lowest BCUT2D eigenvalue weighted by molar-refractivity contribution is -0.139. The lowest BCUT2D eigenvalue weighted by Crippen LogP contribution is -2.16. The molecule has 6 nitrogen and oxygen atoms in total. The van der Waals surface area contributed by atoms with Crippen LogP contribution in [0.2, 0.25) is 0 Å². The number of carbonyl (C=O) groups is 3. The van der Waals surface area contributed by atoms with Crippen LogP contribution in [0, 0.1) is 11.8 Å². The predicted molar refractivity (Wildman–Crippen MR) is 70.3 cm³/mol. The van der Waals surface area contributed by atoms with Gasteiger partial charge in [-0.3, -0.25) is 9.59 Å². The van der Waals surface area contributed by atoms with Crippen LogP contribution in [0.1, 0.15) is 23.7 Å². The van der Waals surface area contributed by atoms with Gasteiger partial charge in [0, 0.05) is 5.69 Å². The lowest BCUT2D eigenvalue weighted by atomic mass is 10.2. The van der Waals surface area contributed by atoms with Gasteiger partial charge >= 0.3 is 11.9 Å². The first-order valence-electron chi connectivity index (χ1n) is 6.33. The zero-order valence-electron chi connectivity index (χ0n) is 11.0. The monoisotopic (exact) mass is 277 g/mol. The summed E-state index contributed by atoms with van der Waals surface area (Å²) in [6, 6.07) is 6.27. The molecule has 0 saturated heterocycles. The molecule has 20 heavy (non-hydrogen) atoms. The molecular weight excluding hydrogens is 262 g/mol. The molecule has 0 aliphatic heterocycles. The summed E-state index contributed by atoms with van der Waals surface area (Å²) in [6.45, 7) is 2.02. The van der Waals surface area contributed by atoms with Crippen LogP contribution in [0.25, 0.3) is 0 Å². The number of carbonyl (C=O) groups excluding carboxylic acids is 2. The minimum atomic E-state index is -0.942. The van der Waals surface area contributed by atoms with E-state index in [1.807, 2.05) is 0 Å². The van der Waals surface area contributed by atoms with Crippen molar-refractivity contribution in [3.8, 4) is 0 Å². The topological polar surface area (TPSA) is 92.7 Å². The molecule has 0 aromatic heterocycles. The molecule has 2 rings (SSSR count). The molecule has 2 N–H and O–H groups in total. The first-order chi connectivity index (χ1) is 9.52. The lowest BCUT2D eigenvalue weighted by Gasteiger charge is -2.06. The third-order valence-corrected chi connectivity index (χ3v) is 3.11. The van der Waals surface area contributed by atoms with Crippen molar-refractivity contribution in [1.29, 1.82) is 0 Å². The third kappa shape index (κ3) is 3.14. The van der Waals surface area contributed by atoms with E-state index in [0.717, 1.165) is 0 Å². The standard InChI is InChI=1S/C14H15NO5/c1-2-20-14(19)8-3-5-9(6-4-8)15-12(16)10-7-11(10)13(17)18/h3-6,10-11H,2,7H2,1H3,(H,15,16)(H,17,18)/t10-,11+/m1/s1. The summed E-state index contributed by atoms with van der Waals surface area (Å²) in [4.78, 5) is 33.9. The first kappa shape index (κ1) is 14.0. The molecule has 0 unspecified atom stereocenters. The van der Waals surface area contributed by atoms with E-state index in [1.54, 1.807) is 31.2 Å². The summed E-state index contributed by atoms with van der Waals surface area (Å²) in [5, 5.41) is 11.4. The number of anilines is 1. The second-order valence-corrected chi connectivity index (χ2v) is 4.57. The third-order valence-electron chi connectivity index (χ3n) is 3.11. The van der Waals surface area contributed by atoms with E-state index < -0.39 is 23.8 Å². The Kier molecular flexibility index (Phi) is 4.02. The highest BCUT2D eigenvalue weighted by Crippen LogP contribution is 2.39. The van der Waals surface area contributed by atoms with E-state index in [4.69, 9.17) is 9.84 Å². The van der Waals surface area contributed by atoms with Crippen molar-refractivity contribution in [2.75, 3.05) is 11.9 Å². The van der Waals surface area contributed by atoms with Crippen molar-refractivity contribution in [3.05, 3.63) is 29.8 Å². The normalized spacial score (nSPS) is 20.1. The van der Waals surface area contributed by atoms with Crippen molar-refractivity contribution in [3.63, 3.8) is 0 Å². The molecular formula is C14H15NO5. The van der Waals surface area contributed by atoms with Crippen LogP contribution in [0.5, 0.6) is 0 Å². The van der Waals surface area contributed by atoms with Crippen LogP contribution in [0.4, 0.5) is 5.69 Å². The van der Waals surface area contributed by atoms with Gasteiger partial charge in [-0.2, -0.15) is 0 Å². The van der Waals surface area contributed by atoms with Crippen LogP contribution >= 0.6 is 0 Å². The van der Waals surface area contributed by atoms with E-state index in [-0.39, 0.29) is 5.91 Å². The van der Waals surface area contributed by atoms with Crippen LogP contribution in [-0.4, -0.2) is 29.6 Å². The Morgan fingerprint density at radius 3 is 2.40 bits per heavy atom. The Labute approximate surface area is 115 Å². The van der Waals surface area contributed by atoms with Gasteiger partial charge in [0.25, 0.3) is 0 Å². The van der Waals surface area contributed by atoms with Gasteiger partial charge in [-0.1, -0.05) is 0 Å². The Hall–Kier alpha value is -2.37. The van der Waals surface area contributed by atoms with Gasteiger partial charge in [0.05, 0.1) is 24.0 Å². The average molecular weight is 277 g/mol. The number of ether oxygens (including phenoxy) is 1. The largest absolute Gasteiger partial charge is 0.481 e. The maximum atomic E-state index is 11.7. The van der Waals surface area contributed by atoms with Crippen molar-refractivity contribution in [2.45, 2.75) is 13.3 Å². The van der Waals surface area contributed by atoms with E-state index in [1.165, 1.54) is 0 Å². The molecule has 106 valence electrons. The van der Waals surface area contributed by atoms with Crippen molar-refractivity contribution >= 4 is 23.5 Å². The molecule has 0 radical (unpaired) electrons. The quantitative estimate of drug-likeness (QED) is 0.796. The summed E-state index contributed by atoms with van der Waals surface area (Å²) < 4.78 is 4.85. The van der Waals surface area contributed by atoms with Crippen LogP contribution in [0.3, 0.4) is 0 Å². The summed E-state index contributed by atoms with van der Waals surface area (Å²) in [6.07, 6.45) is 0.377. The second kappa shape index (κ2) is 5.73. The fourth-order valence-electron chi connectivity index (χ4n) is 1.90. The molecule has 1 aliphatic rings. The number of hydrogen-bond acceptors (Lipinski definition) is 4. The first-order valence-corrected chi connectivity index (χ1v) is 6.33. The fraction of sp³-hybridized carbons (Fsp3) is 0.357. The van der Waals surface area contributed by atoms with E-state index in [9.17, 15) is 14.4 Å². The second-order valence-electron chi connectivity index (χ2n) is 4.57. The smallest absolute Gasteiger partial charge is 0.338 e. The van der Waals surface area contributed by atoms with Gasteiger partial charge in [0.2, 0.25) is 5.91 Å². The molecule has 1 aromatic carbocycles. The van der Waals surface area contributed by atoms with Gasteiger partial charge in [-0.05, 0) is 37.6 Å². The van der Waals surface area contributed by atoms with Crippen LogP contribution in [0.15, 0.2) is 24.3 Å². The number of carboxylic acids is 1.